The molecular formula is C23H34FNO6. The number of carbonyl (C=O) groups is 2. The maximum absolute atomic E-state index is 14.6. The van der Waals surface area contributed by atoms with Gasteiger partial charge in [0.25, 0.3) is 0 Å². The number of esters is 1. The fraction of sp³-hybridized carbons (Fsp3) is 0.652. The van der Waals surface area contributed by atoms with E-state index in [1.807, 2.05) is 6.07 Å². The molecule has 8 heteroatoms. The predicted octanol–water partition coefficient (Wildman–Crippen LogP) is 3.36. The van der Waals surface area contributed by atoms with Gasteiger partial charge in [-0.2, -0.15) is 0 Å². The summed E-state index contributed by atoms with van der Waals surface area (Å²) in [6.45, 7) is 7.58. The molecule has 0 bridgehead atoms. The topological polar surface area (TPSA) is 96.3 Å². The van der Waals surface area contributed by atoms with Crippen LogP contribution in [0.1, 0.15) is 59.4 Å². The number of benzene rings is 1. The zero-order valence-electron chi connectivity index (χ0n) is 18.9. The molecule has 1 aliphatic rings. The number of hydrogen-bond donors (Lipinski definition) is 2. The van der Waals surface area contributed by atoms with Crippen molar-refractivity contribution in [3.8, 4) is 0 Å². The molecular weight excluding hydrogens is 405 g/mol. The number of hydrogen-bond acceptors (Lipinski definition) is 6. The molecule has 1 heterocycles. The monoisotopic (exact) mass is 439 g/mol. The Kier molecular flexibility index (Phi) is 7.70. The third kappa shape index (κ3) is 6.64. The molecule has 2 rings (SSSR count). The molecule has 1 saturated heterocycles. The maximum atomic E-state index is 14.6. The van der Waals surface area contributed by atoms with E-state index in [1.165, 1.54) is 13.8 Å². The van der Waals surface area contributed by atoms with Crippen molar-refractivity contribution in [1.82, 2.24) is 4.90 Å². The van der Waals surface area contributed by atoms with E-state index in [0.29, 0.717) is 0 Å². The van der Waals surface area contributed by atoms with Crippen molar-refractivity contribution in [2.45, 2.75) is 89.5 Å². The number of nitrogens with zero attached hydrogens (tertiary/aromatic N) is 1. The highest BCUT2D eigenvalue weighted by Crippen LogP contribution is 2.39. The standard InChI is InChI=1S/C23H34FNO6/c1-21(2,3)31-20(28)25-14-17(24)13-23(25,12-11-18(26)22(4,5)29)19(27)30-15-16-9-7-6-8-10-16/h6-10,17-18,26,29H,11-15H2,1-5H3/t17-,18?,23?/m1/s1. The second kappa shape index (κ2) is 9.53. The van der Waals surface area contributed by atoms with Crippen LogP contribution in [0.25, 0.3) is 0 Å². The summed E-state index contributed by atoms with van der Waals surface area (Å²) in [4.78, 5) is 27.2. The lowest BCUT2D eigenvalue weighted by Crippen LogP contribution is -2.55. The second-order valence-electron chi connectivity index (χ2n) is 9.69. The molecule has 31 heavy (non-hydrogen) atoms. The highest BCUT2D eigenvalue weighted by Gasteiger charge is 2.56. The molecule has 0 saturated carbocycles. The highest BCUT2D eigenvalue weighted by atomic mass is 19.1. The van der Waals surface area contributed by atoms with Crippen molar-refractivity contribution in [1.29, 1.82) is 0 Å². The minimum Gasteiger partial charge on any atom is -0.459 e. The number of amides is 1. The first kappa shape index (κ1) is 25.1. The number of aliphatic hydroxyl groups is 2. The smallest absolute Gasteiger partial charge is 0.411 e. The Hall–Kier alpha value is -2.19. The van der Waals surface area contributed by atoms with Crippen LogP contribution in [0.2, 0.25) is 0 Å². The van der Waals surface area contributed by atoms with E-state index in [1.54, 1.807) is 45.0 Å². The first-order chi connectivity index (χ1) is 14.2. The normalized spacial score (nSPS) is 22.8. The molecule has 0 aromatic heterocycles. The average molecular weight is 440 g/mol. The number of aliphatic hydroxyl groups excluding tert-OH is 1. The molecule has 1 aliphatic heterocycles. The van der Waals surface area contributed by atoms with Gasteiger partial charge in [0.2, 0.25) is 0 Å². The van der Waals surface area contributed by atoms with Gasteiger partial charge in [-0.15, -0.1) is 0 Å². The highest BCUT2D eigenvalue weighted by molar-refractivity contribution is 5.87. The third-order valence-electron chi connectivity index (χ3n) is 5.31. The minimum absolute atomic E-state index is 0.0318. The first-order valence-corrected chi connectivity index (χ1v) is 10.5. The maximum Gasteiger partial charge on any atom is 0.411 e. The Labute approximate surface area is 183 Å². The summed E-state index contributed by atoms with van der Waals surface area (Å²) in [6, 6.07) is 9.02. The van der Waals surface area contributed by atoms with E-state index in [0.717, 1.165) is 10.5 Å². The number of halogens is 1. The lowest BCUT2D eigenvalue weighted by Gasteiger charge is -2.38. The van der Waals surface area contributed by atoms with Gasteiger partial charge in [-0.1, -0.05) is 30.3 Å². The second-order valence-corrected chi connectivity index (χ2v) is 9.69. The Morgan fingerprint density at radius 1 is 1.23 bits per heavy atom. The van der Waals surface area contributed by atoms with Gasteiger partial charge in [-0.25, -0.2) is 14.0 Å². The Bertz CT molecular complexity index is 758. The summed E-state index contributed by atoms with van der Waals surface area (Å²) >= 11 is 0. The van der Waals surface area contributed by atoms with Crippen molar-refractivity contribution in [2.24, 2.45) is 0 Å². The van der Waals surface area contributed by atoms with Gasteiger partial charge in [0.05, 0.1) is 18.2 Å². The van der Waals surface area contributed by atoms with Crippen molar-refractivity contribution < 1.29 is 33.7 Å². The van der Waals surface area contributed by atoms with Gasteiger partial charge >= 0.3 is 12.1 Å². The molecule has 2 unspecified atom stereocenters. The number of alkyl halides is 1. The summed E-state index contributed by atoms with van der Waals surface area (Å²) in [6.07, 6.45) is -3.82. The average Bonchev–Trinajstić information content (AvgIpc) is 3.00. The van der Waals surface area contributed by atoms with Crippen LogP contribution in [0.15, 0.2) is 30.3 Å². The number of ether oxygens (including phenoxy) is 2. The molecule has 1 aromatic carbocycles. The predicted molar refractivity (Wildman–Crippen MR) is 113 cm³/mol. The van der Waals surface area contributed by atoms with Crippen LogP contribution in [0.4, 0.5) is 9.18 Å². The van der Waals surface area contributed by atoms with Crippen molar-refractivity contribution in [3.05, 3.63) is 35.9 Å². The molecule has 3 atom stereocenters. The van der Waals surface area contributed by atoms with Crippen LogP contribution in [0.3, 0.4) is 0 Å². The van der Waals surface area contributed by atoms with Crippen LogP contribution in [-0.2, 0) is 20.9 Å². The van der Waals surface area contributed by atoms with Gasteiger partial charge in [0, 0.05) is 6.42 Å². The molecule has 1 fully saturated rings. The Balaban J connectivity index is 2.30. The van der Waals surface area contributed by atoms with Crippen LogP contribution in [0, 0.1) is 0 Å². The quantitative estimate of drug-likeness (QED) is 0.633. The van der Waals surface area contributed by atoms with Crippen molar-refractivity contribution in [2.75, 3.05) is 6.54 Å². The van der Waals surface area contributed by atoms with Crippen LogP contribution >= 0.6 is 0 Å². The fourth-order valence-electron chi connectivity index (χ4n) is 3.60. The Morgan fingerprint density at radius 3 is 2.39 bits per heavy atom. The molecule has 0 aliphatic carbocycles. The van der Waals surface area contributed by atoms with E-state index < -0.39 is 41.1 Å². The van der Waals surface area contributed by atoms with Gasteiger partial charge in [0.15, 0.2) is 0 Å². The van der Waals surface area contributed by atoms with E-state index in [2.05, 4.69) is 0 Å². The summed E-state index contributed by atoms with van der Waals surface area (Å²) < 4.78 is 25.5. The number of rotatable bonds is 7. The largest absolute Gasteiger partial charge is 0.459 e. The van der Waals surface area contributed by atoms with Gasteiger partial charge in [-0.3, -0.25) is 4.90 Å². The van der Waals surface area contributed by atoms with E-state index in [4.69, 9.17) is 9.47 Å². The lowest BCUT2D eigenvalue weighted by molar-refractivity contribution is -0.159. The van der Waals surface area contributed by atoms with Crippen LogP contribution in [0.5, 0.6) is 0 Å². The molecule has 1 amide bonds. The third-order valence-corrected chi connectivity index (χ3v) is 5.31. The molecule has 0 spiro atoms. The van der Waals surface area contributed by atoms with E-state index >= 15 is 0 Å². The molecule has 0 radical (unpaired) electrons. The minimum atomic E-state index is -1.64. The van der Waals surface area contributed by atoms with E-state index in [9.17, 15) is 24.2 Å². The Morgan fingerprint density at radius 2 is 1.84 bits per heavy atom. The summed E-state index contributed by atoms with van der Waals surface area (Å²) in [5.41, 5.74) is -3.14. The molecule has 7 nitrogen and oxygen atoms in total. The molecule has 174 valence electrons. The van der Waals surface area contributed by atoms with Gasteiger partial charge in [0.1, 0.15) is 23.9 Å². The zero-order valence-corrected chi connectivity index (χ0v) is 18.9. The van der Waals surface area contributed by atoms with Gasteiger partial charge in [-0.05, 0) is 53.0 Å². The molecule has 2 N–H and O–H groups in total. The summed E-state index contributed by atoms with van der Waals surface area (Å²) in [7, 11) is 0. The zero-order chi connectivity index (χ0) is 23.4. The van der Waals surface area contributed by atoms with Crippen molar-refractivity contribution in [3.63, 3.8) is 0 Å². The summed E-state index contributed by atoms with van der Waals surface area (Å²) in [5.74, 6) is -0.759. The number of likely N-dealkylation sites (tertiary alicyclic amines) is 1. The molecule has 1 aromatic rings. The fourth-order valence-corrected chi connectivity index (χ4v) is 3.60. The SMILES string of the molecule is CC(C)(C)OC(=O)N1C[C@H](F)CC1(CCC(O)C(C)(C)O)C(=O)OCc1ccccc1. The van der Waals surface area contributed by atoms with Gasteiger partial charge < -0.3 is 19.7 Å². The van der Waals surface area contributed by atoms with Crippen molar-refractivity contribution >= 4 is 12.1 Å². The summed E-state index contributed by atoms with van der Waals surface area (Å²) in [5, 5.41) is 20.4. The number of carbonyl (C=O) groups excluding carboxylic acids is 2. The van der Waals surface area contributed by atoms with Crippen LogP contribution < -0.4 is 0 Å². The van der Waals surface area contributed by atoms with Crippen LogP contribution in [-0.4, -0.2) is 62.7 Å². The lowest BCUT2D eigenvalue weighted by atomic mass is 9.86. The first-order valence-electron chi connectivity index (χ1n) is 10.5. The van der Waals surface area contributed by atoms with E-state index in [-0.39, 0.29) is 32.4 Å².